The number of hydrogen-bond donors (Lipinski definition) is 2. The van der Waals surface area contributed by atoms with Crippen molar-refractivity contribution in [2.24, 2.45) is 5.92 Å². The zero-order valence-corrected chi connectivity index (χ0v) is 14.6. The van der Waals surface area contributed by atoms with E-state index in [2.05, 4.69) is 10.0 Å². The summed E-state index contributed by atoms with van der Waals surface area (Å²) in [5, 5.41) is 2.58. The average molecular weight is 354 g/mol. The molecule has 0 spiro atoms. The molecule has 1 aliphatic rings. The normalized spacial score (nSPS) is 16.4. The Morgan fingerprint density at radius 2 is 1.75 bits per heavy atom. The van der Waals surface area contributed by atoms with Gasteiger partial charge in [0.2, 0.25) is 5.91 Å². The van der Waals surface area contributed by atoms with E-state index in [1.165, 1.54) is 38.3 Å². The zero-order chi connectivity index (χ0) is 17.7. The molecule has 1 aromatic rings. The first-order valence-corrected chi connectivity index (χ1v) is 9.29. The van der Waals surface area contributed by atoms with Gasteiger partial charge in [0.25, 0.3) is 15.9 Å². The molecule has 1 atom stereocenters. The van der Waals surface area contributed by atoms with Crippen LogP contribution in [0, 0.1) is 5.92 Å². The zero-order valence-electron chi connectivity index (χ0n) is 13.7. The third-order valence-electron chi connectivity index (χ3n) is 4.12. The van der Waals surface area contributed by atoms with Crippen molar-refractivity contribution in [2.45, 2.75) is 43.5 Å². The quantitative estimate of drug-likeness (QED) is 0.799. The molecule has 2 rings (SSSR count). The minimum Gasteiger partial charge on any atom is -0.497 e. The van der Waals surface area contributed by atoms with Gasteiger partial charge < -0.3 is 10.1 Å². The largest absolute Gasteiger partial charge is 0.497 e. The van der Waals surface area contributed by atoms with Crippen LogP contribution in [0.5, 0.6) is 5.75 Å². The summed E-state index contributed by atoms with van der Waals surface area (Å²) in [5.41, 5.74) is 0. The molecule has 132 valence electrons. The highest BCUT2D eigenvalue weighted by atomic mass is 32.2. The molecule has 0 aliphatic heterocycles. The highest BCUT2D eigenvalue weighted by molar-refractivity contribution is 7.90. The summed E-state index contributed by atoms with van der Waals surface area (Å²) in [5.74, 6) is -0.584. The summed E-state index contributed by atoms with van der Waals surface area (Å²) in [6.45, 7) is 1.31. The molecule has 0 saturated heterocycles. The second-order valence-electron chi connectivity index (χ2n) is 5.87. The van der Waals surface area contributed by atoms with Gasteiger partial charge in [0.15, 0.2) is 0 Å². The molecule has 0 heterocycles. The standard InChI is InChI=1S/C16H22N2O5S/c1-11(19)17-15(12-5-3-4-6-12)16(20)18-24(21,22)14-9-7-13(23-2)8-10-14/h7-10,12,15H,3-6H2,1-2H3,(H,17,19)(H,18,20)/t15-/m0/s1. The molecule has 1 fully saturated rings. The van der Waals surface area contributed by atoms with Crippen molar-refractivity contribution >= 4 is 21.8 Å². The Balaban J connectivity index is 2.15. The maximum atomic E-state index is 12.4. The number of nitrogens with one attached hydrogen (secondary N) is 2. The van der Waals surface area contributed by atoms with Crippen LogP contribution >= 0.6 is 0 Å². The maximum Gasteiger partial charge on any atom is 0.264 e. The third-order valence-corrected chi connectivity index (χ3v) is 5.48. The van der Waals surface area contributed by atoms with E-state index in [-0.39, 0.29) is 16.7 Å². The fraction of sp³-hybridized carbons (Fsp3) is 0.500. The van der Waals surface area contributed by atoms with E-state index < -0.39 is 22.0 Å². The highest BCUT2D eigenvalue weighted by Gasteiger charge is 2.33. The van der Waals surface area contributed by atoms with E-state index in [4.69, 9.17) is 4.74 Å². The van der Waals surface area contributed by atoms with E-state index >= 15 is 0 Å². The van der Waals surface area contributed by atoms with Gasteiger partial charge in [-0.25, -0.2) is 13.1 Å². The summed E-state index contributed by atoms with van der Waals surface area (Å²) in [6, 6.07) is 4.88. The predicted octanol–water partition coefficient (Wildman–Crippen LogP) is 1.19. The molecule has 1 aliphatic carbocycles. The summed E-state index contributed by atoms with van der Waals surface area (Å²) in [7, 11) is -2.52. The number of carbonyl (C=O) groups excluding carboxylic acids is 2. The minimum absolute atomic E-state index is 0.0374. The van der Waals surface area contributed by atoms with E-state index in [9.17, 15) is 18.0 Å². The number of rotatable bonds is 6. The van der Waals surface area contributed by atoms with E-state index in [0.29, 0.717) is 5.75 Å². The van der Waals surface area contributed by atoms with Crippen molar-refractivity contribution in [1.29, 1.82) is 0 Å². The Bertz CT molecular complexity index is 694. The van der Waals surface area contributed by atoms with Crippen molar-refractivity contribution in [3.05, 3.63) is 24.3 Å². The third kappa shape index (κ3) is 4.47. The molecule has 0 unspecified atom stereocenters. The van der Waals surface area contributed by atoms with Crippen LogP contribution in [-0.2, 0) is 19.6 Å². The molecule has 0 radical (unpaired) electrons. The van der Waals surface area contributed by atoms with Crippen LogP contribution in [0.1, 0.15) is 32.6 Å². The number of ether oxygens (including phenoxy) is 1. The van der Waals surface area contributed by atoms with Crippen LogP contribution in [0.4, 0.5) is 0 Å². The van der Waals surface area contributed by atoms with Crippen molar-refractivity contribution in [2.75, 3.05) is 7.11 Å². The molecule has 0 aromatic heterocycles. The summed E-state index contributed by atoms with van der Waals surface area (Å²) in [4.78, 5) is 23.8. The van der Waals surface area contributed by atoms with Gasteiger partial charge in [0.05, 0.1) is 12.0 Å². The van der Waals surface area contributed by atoms with E-state index in [1.54, 1.807) is 0 Å². The SMILES string of the molecule is COc1ccc(S(=O)(=O)NC(=O)[C@@H](NC(C)=O)C2CCCC2)cc1. The lowest BCUT2D eigenvalue weighted by Crippen LogP contribution is -2.51. The second kappa shape index (κ2) is 7.65. The van der Waals surface area contributed by atoms with Crippen LogP contribution in [0.3, 0.4) is 0 Å². The van der Waals surface area contributed by atoms with Gasteiger partial charge in [0.1, 0.15) is 11.8 Å². The minimum atomic E-state index is -4.00. The lowest BCUT2D eigenvalue weighted by atomic mass is 9.97. The van der Waals surface area contributed by atoms with Gasteiger partial charge in [-0.1, -0.05) is 12.8 Å². The molecule has 2 amide bonds. The Morgan fingerprint density at radius 1 is 1.17 bits per heavy atom. The van der Waals surface area contributed by atoms with Gasteiger partial charge in [-0.3, -0.25) is 9.59 Å². The number of hydrogen-bond acceptors (Lipinski definition) is 5. The molecule has 24 heavy (non-hydrogen) atoms. The first-order valence-electron chi connectivity index (χ1n) is 7.81. The fourth-order valence-electron chi connectivity index (χ4n) is 2.92. The molecule has 1 saturated carbocycles. The monoisotopic (exact) mass is 354 g/mol. The van der Waals surface area contributed by atoms with Crippen LogP contribution in [0.2, 0.25) is 0 Å². The number of methoxy groups -OCH3 is 1. The smallest absolute Gasteiger partial charge is 0.264 e. The number of sulfonamides is 1. The lowest BCUT2D eigenvalue weighted by Gasteiger charge is -2.23. The highest BCUT2D eigenvalue weighted by Crippen LogP contribution is 2.28. The average Bonchev–Trinajstić information content (AvgIpc) is 3.06. The van der Waals surface area contributed by atoms with Crippen LogP contribution < -0.4 is 14.8 Å². The molecule has 1 aromatic carbocycles. The van der Waals surface area contributed by atoms with Crippen molar-refractivity contribution in [3.8, 4) is 5.75 Å². The summed E-state index contributed by atoms with van der Waals surface area (Å²) < 4.78 is 31.8. The summed E-state index contributed by atoms with van der Waals surface area (Å²) >= 11 is 0. The molecule has 2 N–H and O–H groups in total. The number of benzene rings is 1. The Hall–Kier alpha value is -2.09. The Morgan fingerprint density at radius 3 is 2.25 bits per heavy atom. The van der Waals surface area contributed by atoms with Crippen molar-refractivity contribution < 1.29 is 22.7 Å². The Labute approximate surface area is 141 Å². The van der Waals surface area contributed by atoms with E-state index in [0.717, 1.165) is 25.7 Å². The van der Waals surface area contributed by atoms with Gasteiger partial charge in [-0.15, -0.1) is 0 Å². The molecule has 0 bridgehead atoms. The number of carbonyl (C=O) groups is 2. The molecule has 7 nitrogen and oxygen atoms in total. The van der Waals surface area contributed by atoms with Gasteiger partial charge >= 0.3 is 0 Å². The fourth-order valence-corrected chi connectivity index (χ4v) is 3.92. The van der Waals surface area contributed by atoms with Crippen molar-refractivity contribution in [3.63, 3.8) is 0 Å². The van der Waals surface area contributed by atoms with Crippen LogP contribution in [-0.4, -0.2) is 33.4 Å². The van der Waals surface area contributed by atoms with Crippen molar-refractivity contribution in [1.82, 2.24) is 10.0 Å². The molecular formula is C16H22N2O5S. The number of amides is 2. The van der Waals surface area contributed by atoms with E-state index in [1.807, 2.05) is 0 Å². The van der Waals surface area contributed by atoms with Gasteiger partial charge in [-0.05, 0) is 43.0 Å². The van der Waals surface area contributed by atoms with Crippen LogP contribution in [0.15, 0.2) is 29.2 Å². The first kappa shape index (κ1) is 18.3. The van der Waals surface area contributed by atoms with Gasteiger partial charge in [0, 0.05) is 6.92 Å². The van der Waals surface area contributed by atoms with Crippen LogP contribution in [0.25, 0.3) is 0 Å². The maximum absolute atomic E-state index is 12.4. The molecule has 8 heteroatoms. The topological polar surface area (TPSA) is 102 Å². The Kier molecular flexibility index (Phi) is 5.82. The lowest BCUT2D eigenvalue weighted by molar-refractivity contribution is -0.128. The molecular weight excluding hydrogens is 332 g/mol. The predicted molar refractivity (Wildman–Crippen MR) is 87.9 cm³/mol. The second-order valence-corrected chi connectivity index (χ2v) is 7.55. The first-order chi connectivity index (χ1) is 11.3. The summed E-state index contributed by atoms with van der Waals surface area (Å²) in [6.07, 6.45) is 3.53. The van der Waals surface area contributed by atoms with Gasteiger partial charge in [-0.2, -0.15) is 0 Å².